The zero-order valence-electron chi connectivity index (χ0n) is 7.12. The van der Waals surface area contributed by atoms with E-state index in [1.54, 1.807) is 0 Å². The fraction of sp³-hybridized carbons (Fsp3) is 0.286. The van der Waals surface area contributed by atoms with E-state index >= 15 is 0 Å². The number of rotatable bonds is 0. The van der Waals surface area contributed by atoms with Crippen molar-refractivity contribution in [2.75, 3.05) is 17.2 Å². The number of halogens is 1. The summed E-state index contributed by atoms with van der Waals surface area (Å²) in [5.74, 6) is 0.194. The van der Waals surface area contributed by atoms with Crippen molar-refractivity contribution in [1.29, 1.82) is 0 Å². The Morgan fingerprint density at radius 1 is 1.57 bits per heavy atom. The van der Waals surface area contributed by atoms with Crippen molar-refractivity contribution in [3.8, 4) is 0 Å². The van der Waals surface area contributed by atoms with Crippen LogP contribution in [0.2, 0.25) is 5.15 Å². The number of nitrogens with zero attached hydrogens (tertiary/aromatic N) is 2. The van der Waals surface area contributed by atoms with Crippen LogP contribution in [0.3, 0.4) is 0 Å². The summed E-state index contributed by atoms with van der Waals surface area (Å²) in [6, 6.07) is -0.611. The average Bonchev–Trinajstić information content (AvgIpc) is 2.30. The molecular formula is C7H8ClN5O. The van der Waals surface area contributed by atoms with E-state index in [-0.39, 0.29) is 11.1 Å². The maximum Gasteiger partial charge on any atom is 0.243 e. The average molecular weight is 214 g/mol. The van der Waals surface area contributed by atoms with Crippen LogP contribution in [0, 0.1) is 0 Å². The Balaban J connectivity index is 2.43. The van der Waals surface area contributed by atoms with Crippen LogP contribution in [0.4, 0.5) is 11.5 Å². The standard InChI is InChI=1S/C7H8ClN5O/c8-5-4-6(12-2-11-5)10-1-3(9)7(14)13-4/h2-3H,1,9H2,(H,13,14)(H,10,11,12). The van der Waals surface area contributed by atoms with Crippen LogP contribution in [0.15, 0.2) is 6.33 Å². The number of nitrogens with one attached hydrogen (secondary N) is 2. The summed E-state index contributed by atoms with van der Waals surface area (Å²) in [6.07, 6.45) is 1.32. The quantitative estimate of drug-likeness (QED) is 0.520. The Morgan fingerprint density at radius 2 is 2.36 bits per heavy atom. The van der Waals surface area contributed by atoms with Gasteiger partial charge in [0.25, 0.3) is 0 Å². The number of hydrogen-bond acceptors (Lipinski definition) is 5. The first-order valence-electron chi connectivity index (χ1n) is 3.99. The molecule has 1 aliphatic heterocycles. The van der Waals surface area contributed by atoms with Gasteiger partial charge in [-0.3, -0.25) is 4.79 Å². The molecule has 6 nitrogen and oxygen atoms in total. The van der Waals surface area contributed by atoms with Crippen molar-refractivity contribution < 1.29 is 4.79 Å². The minimum Gasteiger partial charge on any atom is -0.366 e. The van der Waals surface area contributed by atoms with E-state index < -0.39 is 6.04 Å². The number of carbonyl (C=O) groups excluding carboxylic acids is 1. The number of hydrogen-bond donors (Lipinski definition) is 3. The van der Waals surface area contributed by atoms with Gasteiger partial charge in [-0.25, -0.2) is 9.97 Å². The molecule has 0 saturated heterocycles. The Bertz CT molecular complexity index is 382. The van der Waals surface area contributed by atoms with Crippen LogP contribution in [0.5, 0.6) is 0 Å². The van der Waals surface area contributed by atoms with Gasteiger partial charge in [0.05, 0.1) is 0 Å². The Kier molecular flexibility index (Phi) is 2.22. The topological polar surface area (TPSA) is 92.9 Å². The fourth-order valence-electron chi connectivity index (χ4n) is 1.12. The molecule has 4 N–H and O–H groups in total. The highest BCUT2D eigenvalue weighted by Gasteiger charge is 2.22. The summed E-state index contributed by atoms with van der Waals surface area (Å²) in [4.78, 5) is 19.0. The lowest BCUT2D eigenvalue weighted by molar-refractivity contribution is -0.117. The van der Waals surface area contributed by atoms with Gasteiger partial charge in [-0.2, -0.15) is 0 Å². The lowest BCUT2D eigenvalue weighted by atomic mass is 10.3. The number of carbonyl (C=O) groups is 1. The van der Waals surface area contributed by atoms with Crippen molar-refractivity contribution >= 4 is 29.0 Å². The van der Waals surface area contributed by atoms with Gasteiger partial charge in [-0.15, -0.1) is 0 Å². The van der Waals surface area contributed by atoms with Crippen LogP contribution in [-0.2, 0) is 4.79 Å². The molecule has 0 bridgehead atoms. The fourth-order valence-corrected chi connectivity index (χ4v) is 1.30. The molecule has 0 radical (unpaired) electrons. The van der Waals surface area contributed by atoms with Gasteiger partial charge in [0, 0.05) is 6.54 Å². The first-order chi connectivity index (χ1) is 6.68. The molecule has 0 fully saturated rings. The van der Waals surface area contributed by atoms with Crippen LogP contribution < -0.4 is 16.4 Å². The molecule has 1 aromatic rings. The molecule has 0 spiro atoms. The highest BCUT2D eigenvalue weighted by Crippen LogP contribution is 2.27. The van der Waals surface area contributed by atoms with Gasteiger partial charge >= 0.3 is 0 Å². The zero-order valence-corrected chi connectivity index (χ0v) is 7.88. The minimum atomic E-state index is -0.611. The lowest BCUT2D eigenvalue weighted by Crippen LogP contribution is -2.39. The molecule has 1 aromatic heterocycles. The molecule has 1 aliphatic rings. The highest BCUT2D eigenvalue weighted by molar-refractivity contribution is 6.33. The number of fused-ring (bicyclic) bond motifs is 1. The second-order valence-corrected chi connectivity index (χ2v) is 3.22. The Morgan fingerprint density at radius 3 is 3.14 bits per heavy atom. The van der Waals surface area contributed by atoms with Crippen LogP contribution in [-0.4, -0.2) is 28.5 Å². The molecule has 2 heterocycles. The van der Waals surface area contributed by atoms with Crippen molar-refractivity contribution in [2.24, 2.45) is 5.73 Å². The van der Waals surface area contributed by atoms with Gasteiger partial charge in [-0.1, -0.05) is 11.6 Å². The molecule has 2 rings (SSSR count). The summed E-state index contributed by atoms with van der Waals surface area (Å²) in [5.41, 5.74) is 5.92. The van der Waals surface area contributed by atoms with E-state index in [1.165, 1.54) is 6.33 Å². The third-order valence-corrected chi connectivity index (χ3v) is 2.16. The summed E-state index contributed by atoms with van der Waals surface area (Å²) >= 11 is 5.78. The Labute approximate surface area is 84.9 Å². The third kappa shape index (κ3) is 1.49. The number of amides is 1. The smallest absolute Gasteiger partial charge is 0.243 e. The maximum atomic E-state index is 11.3. The molecule has 14 heavy (non-hydrogen) atoms. The molecule has 1 atom stereocenters. The van der Waals surface area contributed by atoms with E-state index in [4.69, 9.17) is 17.3 Å². The molecule has 1 unspecified atom stereocenters. The number of nitrogens with two attached hydrogens (primary N) is 1. The Hall–Kier alpha value is -1.40. The second kappa shape index (κ2) is 3.39. The zero-order chi connectivity index (χ0) is 10.1. The van der Waals surface area contributed by atoms with Crippen LogP contribution in [0.1, 0.15) is 0 Å². The van der Waals surface area contributed by atoms with Crippen LogP contribution >= 0.6 is 11.6 Å². The van der Waals surface area contributed by atoms with Gasteiger partial charge in [0.2, 0.25) is 5.91 Å². The summed E-state index contributed by atoms with van der Waals surface area (Å²) in [7, 11) is 0. The van der Waals surface area contributed by atoms with Crippen molar-refractivity contribution in [3.05, 3.63) is 11.5 Å². The first-order valence-corrected chi connectivity index (χ1v) is 4.37. The maximum absolute atomic E-state index is 11.3. The van der Waals surface area contributed by atoms with Gasteiger partial charge in [-0.05, 0) is 0 Å². The first kappa shape index (κ1) is 9.17. The van der Waals surface area contributed by atoms with E-state index in [9.17, 15) is 4.79 Å². The minimum absolute atomic E-state index is 0.199. The predicted molar refractivity (Wildman–Crippen MR) is 52.1 cm³/mol. The van der Waals surface area contributed by atoms with Crippen molar-refractivity contribution in [2.45, 2.75) is 6.04 Å². The third-order valence-electron chi connectivity index (χ3n) is 1.88. The molecule has 0 aromatic carbocycles. The summed E-state index contributed by atoms with van der Waals surface area (Å²) < 4.78 is 0. The van der Waals surface area contributed by atoms with Gasteiger partial charge in [0.1, 0.15) is 18.1 Å². The van der Waals surface area contributed by atoms with Crippen LogP contribution in [0.25, 0.3) is 0 Å². The molecule has 0 saturated carbocycles. The number of anilines is 2. The molecule has 1 amide bonds. The lowest BCUT2D eigenvalue weighted by Gasteiger charge is -2.05. The molecule has 0 aliphatic carbocycles. The van der Waals surface area contributed by atoms with E-state index in [2.05, 4.69) is 20.6 Å². The highest BCUT2D eigenvalue weighted by atomic mass is 35.5. The van der Waals surface area contributed by atoms with Gasteiger partial charge in [0.15, 0.2) is 11.0 Å². The van der Waals surface area contributed by atoms with Gasteiger partial charge < -0.3 is 16.4 Å². The number of aromatic nitrogens is 2. The molecular weight excluding hydrogens is 206 g/mol. The van der Waals surface area contributed by atoms with E-state index in [0.717, 1.165) is 0 Å². The monoisotopic (exact) mass is 213 g/mol. The van der Waals surface area contributed by atoms with E-state index in [0.29, 0.717) is 18.1 Å². The van der Waals surface area contributed by atoms with Crippen molar-refractivity contribution in [3.63, 3.8) is 0 Å². The molecule has 7 heteroatoms. The predicted octanol–water partition coefficient (Wildman–Crippen LogP) is -0.179. The summed E-state index contributed by atoms with van der Waals surface area (Å²) in [5, 5.41) is 5.66. The largest absolute Gasteiger partial charge is 0.366 e. The molecule has 74 valence electrons. The normalized spacial score (nSPS) is 20.4. The second-order valence-electron chi connectivity index (χ2n) is 2.86. The summed E-state index contributed by atoms with van der Waals surface area (Å²) in [6.45, 7) is 0.326. The van der Waals surface area contributed by atoms with Crippen molar-refractivity contribution in [1.82, 2.24) is 9.97 Å². The SMILES string of the molecule is NC1CNc2ncnc(Cl)c2NC1=O. The van der Waals surface area contributed by atoms with E-state index in [1.807, 2.05) is 0 Å².